The van der Waals surface area contributed by atoms with Crippen LogP contribution in [0.3, 0.4) is 0 Å². The van der Waals surface area contributed by atoms with Gasteiger partial charge in [0.05, 0.1) is 5.69 Å². The summed E-state index contributed by atoms with van der Waals surface area (Å²) in [6.07, 6.45) is 0.830. The van der Waals surface area contributed by atoms with Crippen molar-refractivity contribution in [1.82, 2.24) is 14.7 Å². The van der Waals surface area contributed by atoms with Crippen molar-refractivity contribution in [2.24, 2.45) is 5.73 Å². The highest BCUT2D eigenvalue weighted by molar-refractivity contribution is 5.85. The molecule has 5 nitrogen and oxygen atoms in total. The molecule has 2 aromatic rings. The fraction of sp³-hybridized carbons (Fsp3) is 0.444. The Bertz CT molecular complexity index is 646. The molecule has 0 bridgehead atoms. The minimum absolute atomic E-state index is 0. The van der Waals surface area contributed by atoms with Crippen LogP contribution in [-0.2, 0) is 11.2 Å². The first-order chi connectivity index (χ1) is 11.0. The molecule has 25 heavy (non-hydrogen) atoms. The summed E-state index contributed by atoms with van der Waals surface area (Å²) in [5.41, 5.74) is 8.84. The molecule has 1 heterocycles. The first kappa shape index (κ1) is 23.4. The van der Waals surface area contributed by atoms with E-state index in [1.807, 2.05) is 49.9 Å². The minimum Gasteiger partial charge on any atom is -0.339 e. The van der Waals surface area contributed by atoms with Crippen LogP contribution in [0.25, 0.3) is 0 Å². The SMILES string of the molecule is Cc1cc(C)n(C(C)C(=O)N(CCN)CCc2ccccc2)n1.Cl.Cl. The van der Waals surface area contributed by atoms with E-state index >= 15 is 0 Å². The van der Waals surface area contributed by atoms with Crippen molar-refractivity contribution in [3.05, 3.63) is 53.3 Å². The number of nitrogens with zero attached hydrogens (tertiary/aromatic N) is 3. The van der Waals surface area contributed by atoms with Crippen LogP contribution in [0.15, 0.2) is 36.4 Å². The van der Waals surface area contributed by atoms with E-state index in [0.29, 0.717) is 19.6 Å². The molecule has 0 aliphatic heterocycles. The number of carbonyl (C=O) groups is 1. The van der Waals surface area contributed by atoms with Gasteiger partial charge >= 0.3 is 0 Å². The zero-order valence-corrected chi connectivity index (χ0v) is 16.6. The van der Waals surface area contributed by atoms with Crippen molar-refractivity contribution >= 4 is 30.7 Å². The maximum absolute atomic E-state index is 12.8. The Labute approximate surface area is 162 Å². The van der Waals surface area contributed by atoms with Crippen LogP contribution in [0.5, 0.6) is 0 Å². The summed E-state index contributed by atoms with van der Waals surface area (Å²) in [4.78, 5) is 14.7. The highest BCUT2D eigenvalue weighted by Crippen LogP contribution is 2.14. The number of carbonyl (C=O) groups excluding carboxylic acids is 1. The normalized spacial score (nSPS) is 11.2. The Balaban J connectivity index is 0.00000288. The second kappa shape index (κ2) is 11.1. The number of hydrogen-bond donors (Lipinski definition) is 1. The van der Waals surface area contributed by atoms with Crippen molar-refractivity contribution < 1.29 is 4.79 Å². The molecule has 7 heteroatoms. The maximum atomic E-state index is 12.8. The van der Waals surface area contributed by atoms with Crippen molar-refractivity contribution in [1.29, 1.82) is 0 Å². The third-order valence-corrected chi connectivity index (χ3v) is 3.99. The summed E-state index contributed by atoms with van der Waals surface area (Å²) in [5, 5.41) is 4.43. The molecule has 2 rings (SSSR count). The molecule has 1 aromatic heterocycles. The summed E-state index contributed by atoms with van der Waals surface area (Å²) < 4.78 is 1.80. The summed E-state index contributed by atoms with van der Waals surface area (Å²) in [6.45, 7) is 7.51. The van der Waals surface area contributed by atoms with Gasteiger partial charge in [0.15, 0.2) is 0 Å². The molecule has 0 aliphatic carbocycles. The summed E-state index contributed by atoms with van der Waals surface area (Å²) >= 11 is 0. The standard InChI is InChI=1S/C18H26N4O.2ClH/c1-14-13-15(2)22(20-14)16(3)18(23)21(12-10-19)11-9-17-7-5-4-6-8-17;;/h4-8,13,16H,9-12,19H2,1-3H3;2*1H. The molecular weight excluding hydrogens is 359 g/mol. The van der Waals surface area contributed by atoms with Gasteiger partial charge < -0.3 is 10.6 Å². The number of hydrogen-bond acceptors (Lipinski definition) is 3. The fourth-order valence-corrected chi connectivity index (χ4v) is 2.80. The Kier molecular flexibility index (Phi) is 10.4. The molecule has 1 aromatic carbocycles. The smallest absolute Gasteiger partial charge is 0.247 e. The second-order valence-electron chi connectivity index (χ2n) is 5.90. The van der Waals surface area contributed by atoms with E-state index in [1.54, 1.807) is 4.68 Å². The molecule has 1 amide bonds. The van der Waals surface area contributed by atoms with Crippen LogP contribution >= 0.6 is 24.8 Å². The van der Waals surface area contributed by atoms with Crippen molar-refractivity contribution in [3.8, 4) is 0 Å². The molecule has 0 aliphatic rings. The summed E-state index contributed by atoms with van der Waals surface area (Å²) in [7, 11) is 0. The molecule has 2 N–H and O–H groups in total. The quantitative estimate of drug-likeness (QED) is 0.795. The lowest BCUT2D eigenvalue weighted by molar-refractivity contribution is -0.134. The number of benzene rings is 1. The molecule has 0 saturated heterocycles. The van der Waals surface area contributed by atoms with E-state index < -0.39 is 0 Å². The van der Waals surface area contributed by atoms with Gasteiger partial charge in [-0.2, -0.15) is 5.10 Å². The van der Waals surface area contributed by atoms with Gasteiger partial charge in [0.25, 0.3) is 0 Å². The van der Waals surface area contributed by atoms with E-state index in [2.05, 4.69) is 17.2 Å². The molecular formula is C18H28Cl2N4O. The molecule has 0 spiro atoms. The van der Waals surface area contributed by atoms with Gasteiger partial charge in [0.2, 0.25) is 5.91 Å². The van der Waals surface area contributed by atoms with Crippen LogP contribution in [0.1, 0.15) is 29.9 Å². The van der Waals surface area contributed by atoms with Gasteiger partial charge in [0, 0.05) is 25.3 Å². The summed E-state index contributed by atoms with van der Waals surface area (Å²) in [6, 6.07) is 11.9. The largest absolute Gasteiger partial charge is 0.339 e. The van der Waals surface area contributed by atoms with Crippen LogP contribution in [-0.4, -0.2) is 40.2 Å². The number of amides is 1. The third kappa shape index (κ3) is 6.34. The van der Waals surface area contributed by atoms with E-state index in [9.17, 15) is 4.79 Å². The van der Waals surface area contributed by atoms with Gasteiger partial charge in [-0.1, -0.05) is 30.3 Å². The van der Waals surface area contributed by atoms with Crippen molar-refractivity contribution in [3.63, 3.8) is 0 Å². The lowest BCUT2D eigenvalue weighted by Crippen LogP contribution is -2.41. The molecule has 0 saturated carbocycles. The number of rotatable bonds is 7. The van der Waals surface area contributed by atoms with E-state index in [-0.39, 0.29) is 36.8 Å². The maximum Gasteiger partial charge on any atom is 0.247 e. The zero-order chi connectivity index (χ0) is 16.8. The van der Waals surface area contributed by atoms with E-state index in [4.69, 9.17) is 5.73 Å². The van der Waals surface area contributed by atoms with Crippen molar-refractivity contribution in [2.75, 3.05) is 19.6 Å². The average Bonchev–Trinajstić information content (AvgIpc) is 2.89. The first-order valence-corrected chi connectivity index (χ1v) is 8.08. The van der Waals surface area contributed by atoms with Crippen LogP contribution in [0.2, 0.25) is 0 Å². The molecule has 1 atom stereocenters. The molecule has 0 radical (unpaired) electrons. The molecule has 140 valence electrons. The fourth-order valence-electron chi connectivity index (χ4n) is 2.80. The van der Waals surface area contributed by atoms with Gasteiger partial charge in [-0.25, -0.2) is 0 Å². The van der Waals surface area contributed by atoms with Crippen molar-refractivity contribution in [2.45, 2.75) is 33.2 Å². The van der Waals surface area contributed by atoms with Crippen LogP contribution < -0.4 is 5.73 Å². The van der Waals surface area contributed by atoms with Crippen LogP contribution in [0, 0.1) is 13.8 Å². The highest BCUT2D eigenvalue weighted by atomic mass is 35.5. The first-order valence-electron chi connectivity index (χ1n) is 8.08. The Morgan fingerprint density at radius 2 is 1.84 bits per heavy atom. The monoisotopic (exact) mass is 386 g/mol. The Morgan fingerprint density at radius 3 is 2.36 bits per heavy atom. The molecule has 0 fully saturated rings. The van der Waals surface area contributed by atoms with E-state index in [1.165, 1.54) is 5.56 Å². The zero-order valence-electron chi connectivity index (χ0n) is 15.0. The average molecular weight is 387 g/mol. The van der Waals surface area contributed by atoms with E-state index in [0.717, 1.165) is 17.8 Å². The lowest BCUT2D eigenvalue weighted by atomic mass is 10.1. The van der Waals surface area contributed by atoms with Gasteiger partial charge in [-0.15, -0.1) is 24.8 Å². The van der Waals surface area contributed by atoms with Gasteiger partial charge in [-0.3, -0.25) is 9.48 Å². The highest BCUT2D eigenvalue weighted by Gasteiger charge is 2.23. The topological polar surface area (TPSA) is 64.2 Å². The van der Waals surface area contributed by atoms with Gasteiger partial charge in [0.1, 0.15) is 6.04 Å². The summed E-state index contributed by atoms with van der Waals surface area (Å²) in [5.74, 6) is 0.0672. The Hall–Kier alpha value is -1.56. The number of halogens is 2. The predicted molar refractivity (Wildman–Crippen MR) is 107 cm³/mol. The van der Waals surface area contributed by atoms with Gasteiger partial charge in [-0.05, 0) is 38.8 Å². The minimum atomic E-state index is -0.314. The number of aryl methyl sites for hydroxylation is 2. The number of aromatic nitrogens is 2. The second-order valence-corrected chi connectivity index (χ2v) is 5.90. The van der Waals surface area contributed by atoms with Crippen LogP contribution in [0.4, 0.5) is 0 Å². The number of nitrogens with two attached hydrogens (primary N) is 1. The third-order valence-electron chi connectivity index (χ3n) is 3.99. The lowest BCUT2D eigenvalue weighted by Gasteiger charge is -2.26. The molecule has 1 unspecified atom stereocenters. The predicted octanol–water partition coefficient (Wildman–Crippen LogP) is 2.93. The Morgan fingerprint density at radius 1 is 1.20 bits per heavy atom.